The van der Waals surface area contributed by atoms with Gasteiger partial charge in [-0.2, -0.15) is 0 Å². The number of aromatic nitrogens is 2. The Morgan fingerprint density at radius 2 is 2.33 bits per heavy atom. The van der Waals surface area contributed by atoms with Gasteiger partial charge in [0, 0.05) is 12.6 Å². The van der Waals surface area contributed by atoms with E-state index in [0.29, 0.717) is 12.1 Å². The smallest absolute Gasteiger partial charge is 0.253 e. The molecule has 1 heterocycles. The number of aryl methyl sites for hydroxylation is 1. The van der Waals surface area contributed by atoms with Gasteiger partial charge in [-0.1, -0.05) is 10.8 Å². The summed E-state index contributed by atoms with van der Waals surface area (Å²) in [4.78, 5) is 11.5. The maximum atomic E-state index is 11.5. The van der Waals surface area contributed by atoms with Gasteiger partial charge in [0.2, 0.25) is 0 Å². The Balaban J connectivity index is 2.62. The Morgan fingerprint density at radius 1 is 1.61 bits per heavy atom. The molecule has 1 aromatic heterocycles. The Hall–Kier alpha value is -1.80. The molecule has 8 heteroatoms. The van der Waals surface area contributed by atoms with Crippen LogP contribution in [-0.2, 0) is 16.7 Å². The lowest BCUT2D eigenvalue weighted by Gasteiger charge is -2.03. The lowest BCUT2D eigenvalue weighted by atomic mass is 10.3. The van der Waals surface area contributed by atoms with Gasteiger partial charge in [0.15, 0.2) is 12.7 Å². The fraction of sp³-hybridized carbons (Fsp3) is 0.300. The van der Waals surface area contributed by atoms with E-state index >= 15 is 0 Å². The summed E-state index contributed by atoms with van der Waals surface area (Å²) in [6, 6.07) is 1.49. The first-order valence-corrected chi connectivity index (χ1v) is 6.68. The highest BCUT2D eigenvalue weighted by molar-refractivity contribution is 7.85. The number of amides is 1. The van der Waals surface area contributed by atoms with Crippen LogP contribution in [0.3, 0.4) is 0 Å². The van der Waals surface area contributed by atoms with Gasteiger partial charge >= 0.3 is 0 Å². The Kier molecular flexibility index (Phi) is 4.93. The van der Waals surface area contributed by atoms with Gasteiger partial charge in [-0.05, 0) is 5.10 Å². The molecule has 18 heavy (non-hydrogen) atoms. The Bertz CT molecular complexity index is 525. The number of nitrogens with one attached hydrogen (secondary N) is 1. The second-order valence-electron chi connectivity index (χ2n) is 3.44. The summed E-state index contributed by atoms with van der Waals surface area (Å²) in [6.07, 6.45) is 4.29. The van der Waals surface area contributed by atoms with Crippen LogP contribution in [-0.4, -0.2) is 36.3 Å². The van der Waals surface area contributed by atoms with E-state index in [2.05, 4.69) is 17.0 Å². The average Bonchev–Trinajstić information content (AvgIpc) is 2.33. The third-order valence-corrected chi connectivity index (χ3v) is 2.69. The van der Waals surface area contributed by atoms with Crippen LogP contribution in [0.5, 0.6) is 0 Å². The molecule has 0 aliphatic heterocycles. The lowest BCUT2D eigenvalue weighted by Crippen LogP contribution is -2.41. The summed E-state index contributed by atoms with van der Waals surface area (Å²) >= 11 is 0. The molecule has 0 bridgehead atoms. The molecule has 1 aromatic rings. The minimum absolute atomic E-state index is 0.0413. The van der Waals surface area contributed by atoms with Crippen LogP contribution in [0.4, 0.5) is 0 Å². The van der Waals surface area contributed by atoms with Crippen LogP contribution in [0.15, 0.2) is 31.1 Å². The first-order chi connectivity index (χ1) is 8.42. The normalized spacial score (nSPS) is 10.9. The molecule has 0 saturated carbocycles. The van der Waals surface area contributed by atoms with Crippen molar-refractivity contribution in [1.82, 2.24) is 10.4 Å². The summed E-state index contributed by atoms with van der Waals surface area (Å²) in [5.74, 6) is -0.835. The van der Waals surface area contributed by atoms with Gasteiger partial charge in [0.05, 0.1) is 11.3 Å². The molecule has 0 radical (unpaired) electrons. The predicted octanol–water partition coefficient (Wildman–Crippen LogP) is -1.17. The van der Waals surface area contributed by atoms with Gasteiger partial charge in [-0.25, -0.2) is 8.42 Å². The van der Waals surface area contributed by atoms with Gasteiger partial charge in [-0.15, -0.1) is 6.58 Å². The molecule has 0 spiro atoms. The highest BCUT2D eigenvalue weighted by Gasteiger charge is 2.09. The third-order valence-electron chi connectivity index (χ3n) is 2.01. The van der Waals surface area contributed by atoms with E-state index < -0.39 is 15.9 Å². The van der Waals surface area contributed by atoms with Crippen molar-refractivity contribution in [3.63, 3.8) is 0 Å². The largest absolute Gasteiger partial charge is 0.748 e. The Labute approximate surface area is 105 Å². The fourth-order valence-electron chi connectivity index (χ4n) is 1.12. The van der Waals surface area contributed by atoms with Crippen molar-refractivity contribution in [2.45, 2.75) is 6.54 Å². The number of hydrogen-bond acceptors (Lipinski definition) is 5. The number of carbonyl (C=O) groups excluding carboxylic acids is 1. The molecule has 0 atom stereocenters. The van der Waals surface area contributed by atoms with Gasteiger partial charge in [0.1, 0.15) is 16.3 Å². The molecular weight excluding hydrogens is 258 g/mol. The summed E-state index contributed by atoms with van der Waals surface area (Å²) < 4.78 is 32.6. The fourth-order valence-corrected chi connectivity index (χ4v) is 1.53. The quantitative estimate of drug-likeness (QED) is 0.399. The molecule has 0 aliphatic rings. The molecule has 1 N–H and O–H groups in total. The first kappa shape index (κ1) is 14.3. The van der Waals surface area contributed by atoms with Gasteiger partial charge in [-0.3, -0.25) is 4.79 Å². The van der Waals surface area contributed by atoms with Crippen molar-refractivity contribution in [2.24, 2.45) is 0 Å². The first-order valence-electron chi connectivity index (χ1n) is 5.11. The van der Waals surface area contributed by atoms with Crippen LogP contribution >= 0.6 is 0 Å². The summed E-state index contributed by atoms with van der Waals surface area (Å²) in [5, 5.41) is 6.41. The molecule has 7 nitrogen and oxygen atoms in total. The monoisotopic (exact) mass is 271 g/mol. The lowest BCUT2D eigenvalue weighted by molar-refractivity contribution is -0.750. The summed E-state index contributed by atoms with van der Waals surface area (Å²) in [6.45, 7) is 3.77. The summed E-state index contributed by atoms with van der Waals surface area (Å²) in [5.41, 5.74) is 0.345. The minimum Gasteiger partial charge on any atom is -0.748 e. The number of carbonyl (C=O) groups is 1. The maximum absolute atomic E-state index is 11.5. The van der Waals surface area contributed by atoms with Crippen LogP contribution in [0, 0.1) is 0 Å². The average molecular weight is 271 g/mol. The van der Waals surface area contributed by atoms with E-state index in [0.717, 1.165) is 0 Å². The molecule has 1 rings (SSSR count). The maximum Gasteiger partial charge on any atom is 0.253 e. The number of rotatable bonds is 6. The zero-order valence-electron chi connectivity index (χ0n) is 9.57. The predicted molar refractivity (Wildman–Crippen MR) is 61.5 cm³/mol. The van der Waals surface area contributed by atoms with E-state index in [9.17, 15) is 17.8 Å². The van der Waals surface area contributed by atoms with Crippen molar-refractivity contribution in [3.8, 4) is 0 Å². The van der Waals surface area contributed by atoms with E-state index in [4.69, 9.17) is 0 Å². The molecule has 1 amide bonds. The van der Waals surface area contributed by atoms with Gasteiger partial charge < -0.3 is 9.87 Å². The highest BCUT2D eigenvalue weighted by atomic mass is 32.2. The third kappa shape index (κ3) is 5.02. The minimum atomic E-state index is -4.26. The van der Waals surface area contributed by atoms with Crippen LogP contribution in [0.1, 0.15) is 10.4 Å². The van der Waals surface area contributed by atoms with Crippen molar-refractivity contribution < 1.29 is 22.4 Å². The highest BCUT2D eigenvalue weighted by Crippen LogP contribution is 1.92. The van der Waals surface area contributed by atoms with Crippen LogP contribution < -0.4 is 10.00 Å². The second-order valence-corrected chi connectivity index (χ2v) is 4.96. The second kappa shape index (κ2) is 6.22. The topological polar surface area (TPSA) is 103 Å². The van der Waals surface area contributed by atoms with Crippen LogP contribution in [0.2, 0.25) is 0 Å². The van der Waals surface area contributed by atoms with Crippen LogP contribution in [0.25, 0.3) is 0 Å². The van der Waals surface area contributed by atoms with Crippen molar-refractivity contribution >= 4 is 16.0 Å². The molecule has 98 valence electrons. The molecule has 0 unspecified atom stereocenters. The standard InChI is InChI=1S/C10H13N3O4S/c1-2-4-11-10(14)9-3-5-13(12-8-9)6-7-18(15,16)17/h2-3,5,8H,1,4,6-7H2,(H-,11,14,15,16,17). The SMILES string of the molecule is C=CCNC(=O)c1cc[n+](CCS(=O)(=O)[O-])nc1. The van der Waals surface area contributed by atoms with E-state index in [-0.39, 0.29) is 12.5 Å². The molecule has 0 aromatic carbocycles. The number of nitrogens with zero attached hydrogens (tertiary/aromatic N) is 2. The molecule has 0 fully saturated rings. The molecule has 0 aliphatic carbocycles. The molecule has 0 saturated heterocycles. The van der Waals surface area contributed by atoms with E-state index in [1.165, 1.54) is 23.1 Å². The van der Waals surface area contributed by atoms with E-state index in [1.807, 2.05) is 0 Å². The van der Waals surface area contributed by atoms with Crippen molar-refractivity contribution in [3.05, 3.63) is 36.7 Å². The van der Waals surface area contributed by atoms with Gasteiger partial charge in [0.25, 0.3) is 5.91 Å². The van der Waals surface area contributed by atoms with E-state index in [1.54, 1.807) is 6.08 Å². The number of hydrogen-bond donors (Lipinski definition) is 1. The Morgan fingerprint density at radius 3 is 2.83 bits per heavy atom. The zero-order chi connectivity index (χ0) is 13.6. The summed E-state index contributed by atoms with van der Waals surface area (Å²) in [7, 11) is -4.26. The van der Waals surface area contributed by atoms with Crippen molar-refractivity contribution in [1.29, 1.82) is 0 Å². The zero-order valence-corrected chi connectivity index (χ0v) is 10.4. The van der Waals surface area contributed by atoms with Crippen molar-refractivity contribution in [2.75, 3.05) is 12.3 Å². The molecular formula is C10H13N3O4S.